The van der Waals surface area contributed by atoms with Crippen LogP contribution in [0.4, 0.5) is 4.79 Å². The molecule has 0 atom stereocenters. The predicted molar refractivity (Wildman–Crippen MR) is 75.4 cm³/mol. The van der Waals surface area contributed by atoms with E-state index in [-0.39, 0.29) is 18.0 Å². The van der Waals surface area contributed by atoms with Gasteiger partial charge in [-0.05, 0) is 40.9 Å². The lowest BCUT2D eigenvalue weighted by molar-refractivity contribution is 0.0633. The first-order valence-electron chi connectivity index (χ1n) is 6.74. The molecule has 1 aromatic rings. The molecule has 0 aliphatic carbocycles. The number of halogens is 1. The van der Waals surface area contributed by atoms with Crippen molar-refractivity contribution >= 4 is 27.9 Å². The zero-order valence-corrected chi connectivity index (χ0v) is 12.6. The topological polar surface area (TPSA) is 65.8 Å². The number of amides is 3. The van der Waals surface area contributed by atoms with Crippen molar-refractivity contribution in [3.63, 3.8) is 0 Å². The van der Waals surface area contributed by atoms with E-state index in [1.54, 1.807) is 17.0 Å². The molecule has 6 nitrogen and oxygen atoms in total. The maximum atomic E-state index is 12.2. The largest absolute Gasteiger partial charge is 0.444 e. The van der Waals surface area contributed by atoms with Crippen LogP contribution in [0.15, 0.2) is 21.2 Å². The van der Waals surface area contributed by atoms with Crippen LogP contribution in [0.5, 0.6) is 0 Å². The van der Waals surface area contributed by atoms with E-state index in [2.05, 4.69) is 21.2 Å². The average molecular weight is 342 g/mol. The first-order chi connectivity index (χ1) is 9.65. The second-order valence-electron chi connectivity index (χ2n) is 5.05. The van der Waals surface area contributed by atoms with Gasteiger partial charge in [-0.25, -0.2) is 4.79 Å². The van der Waals surface area contributed by atoms with Crippen LogP contribution >= 0.6 is 15.9 Å². The number of nitrogens with zero attached hydrogens (tertiary/aromatic N) is 2. The molecule has 2 fully saturated rings. The van der Waals surface area contributed by atoms with Gasteiger partial charge in [-0.2, -0.15) is 0 Å². The zero-order chi connectivity index (χ0) is 14.1. The lowest BCUT2D eigenvalue weighted by Crippen LogP contribution is -2.47. The fraction of sp³-hybridized carbons (Fsp3) is 0.538. The number of likely N-dealkylation sites (tertiary alicyclic amines) is 1. The quantitative estimate of drug-likeness (QED) is 0.889. The number of hydrogen-bond donors (Lipinski definition) is 1. The van der Waals surface area contributed by atoms with Gasteiger partial charge in [0.25, 0.3) is 5.91 Å². The Morgan fingerprint density at radius 3 is 2.60 bits per heavy atom. The fourth-order valence-corrected chi connectivity index (χ4v) is 3.11. The van der Waals surface area contributed by atoms with Crippen LogP contribution in [0.2, 0.25) is 0 Å². The minimum atomic E-state index is -0.0833. The van der Waals surface area contributed by atoms with Crippen molar-refractivity contribution in [3.05, 3.63) is 22.6 Å². The minimum Gasteiger partial charge on any atom is -0.444 e. The molecule has 1 aromatic heterocycles. The molecule has 2 aliphatic rings. The summed E-state index contributed by atoms with van der Waals surface area (Å²) in [6.07, 6.45) is 1.64. The van der Waals surface area contributed by atoms with E-state index in [0.717, 1.165) is 25.9 Å². The van der Waals surface area contributed by atoms with Gasteiger partial charge in [0.05, 0.1) is 0 Å². The Labute approximate surface area is 125 Å². The van der Waals surface area contributed by atoms with Crippen molar-refractivity contribution in [3.8, 4) is 0 Å². The first-order valence-corrected chi connectivity index (χ1v) is 7.53. The minimum absolute atomic E-state index is 0.0183. The van der Waals surface area contributed by atoms with Crippen LogP contribution in [-0.4, -0.2) is 54.0 Å². The van der Waals surface area contributed by atoms with Crippen LogP contribution in [0.1, 0.15) is 23.4 Å². The molecule has 20 heavy (non-hydrogen) atoms. The zero-order valence-electron chi connectivity index (χ0n) is 11.0. The second kappa shape index (κ2) is 5.47. The molecular formula is C13H16BrN3O3. The molecule has 0 aromatic carbocycles. The number of furan rings is 1. The van der Waals surface area contributed by atoms with Crippen molar-refractivity contribution in [2.45, 2.75) is 18.9 Å². The van der Waals surface area contributed by atoms with Gasteiger partial charge in [-0.3, -0.25) is 4.79 Å². The summed E-state index contributed by atoms with van der Waals surface area (Å²) in [7, 11) is 0. The Morgan fingerprint density at radius 1 is 1.30 bits per heavy atom. The Balaban J connectivity index is 1.58. The highest BCUT2D eigenvalue weighted by Crippen LogP contribution is 2.21. The lowest BCUT2D eigenvalue weighted by atomic mass is 10.0. The molecule has 0 saturated carbocycles. The van der Waals surface area contributed by atoms with Crippen molar-refractivity contribution in [1.82, 2.24) is 15.1 Å². The third-order valence-corrected chi connectivity index (χ3v) is 4.29. The number of piperidine rings is 1. The Kier molecular flexibility index (Phi) is 3.69. The predicted octanol–water partition coefficient (Wildman–Crippen LogP) is 1.67. The van der Waals surface area contributed by atoms with Gasteiger partial charge in [0.2, 0.25) is 0 Å². The Morgan fingerprint density at radius 2 is 2.05 bits per heavy atom. The molecule has 1 N–H and O–H groups in total. The second-order valence-corrected chi connectivity index (χ2v) is 5.83. The molecule has 2 aliphatic heterocycles. The lowest BCUT2D eigenvalue weighted by Gasteiger charge is -2.35. The molecule has 0 bridgehead atoms. The van der Waals surface area contributed by atoms with Gasteiger partial charge < -0.3 is 19.5 Å². The summed E-state index contributed by atoms with van der Waals surface area (Å²) in [6, 6.07) is 3.65. The van der Waals surface area contributed by atoms with Gasteiger partial charge in [0.1, 0.15) is 0 Å². The van der Waals surface area contributed by atoms with E-state index in [1.165, 1.54) is 0 Å². The van der Waals surface area contributed by atoms with E-state index < -0.39 is 0 Å². The van der Waals surface area contributed by atoms with Gasteiger partial charge in [-0.1, -0.05) is 0 Å². The number of rotatable bonds is 2. The summed E-state index contributed by atoms with van der Waals surface area (Å²) in [5.74, 6) is 0.272. The van der Waals surface area contributed by atoms with Crippen molar-refractivity contribution in [1.29, 1.82) is 0 Å². The Hall–Kier alpha value is -1.50. The molecule has 2 saturated heterocycles. The van der Waals surface area contributed by atoms with E-state index in [9.17, 15) is 9.59 Å². The van der Waals surface area contributed by atoms with Gasteiger partial charge in [-0.15, -0.1) is 0 Å². The molecule has 3 rings (SSSR count). The van der Waals surface area contributed by atoms with Crippen LogP contribution in [-0.2, 0) is 0 Å². The average Bonchev–Trinajstić information content (AvgIpc) is 3.07. The van der Waals surface area contributed by atoms with Crippen molar-refractivity contribution < 1.29 is 14.0 Å². The summed E-state index contributed by atoms with van der Waals surface area (Å²) >= 11 is 3.20. The number of carbonyl (C=O) groups excluding carboxylic acids is 2. The maximum absolute atomic E-state index is 12.2. The molecule has 0 radical (unpaired) electrons. The van der Waals surface area contributed by atoms with Crippen LogP contribution in [0.3, 0.4) is 0 Å². The van der Waals surface area contributed by atoms with E-state index in [4.69, 9.17) is 4.42 Å². The summed E-state index contributed by atoms with van der Waals surface area (Å²) < 4.78 is 5.85. The maximum Gasteiger partial charge on any atom is 0.317 e. The summed E-state index contributed by atoms with van der Waals surface area (Å²) in [5.41, 5.74) is 0. The smallest absolute Gasteiger partial charge is 0.317 e. The number of urea groups is 1. The molecule has 7 heteroatoms. The molecule has 108 valence electrons. The van der Waals surface area contributed by atoms with E-state index >= 15 is 0 Å². The van der Waals surface area contributed by atoms with E-state index in [0.29, 0.717) is 23.5 Å². The first kappa shape index (κ1) is 13.5. The molecule has 3 heterocycles. The molecule has 0 spiro atoms. The number of hydrogen-bond acceptors (Lipinski definition) is 3. The molecule has 3 amide bonds. The molecular weight excluding hydrogens is 326 g/mol. The third-order valence-electron chi connectivity index (χ3n) is 3.87. The van der Waals surface area contributed by atoms with Crippen molar-refractivity contribution in [2.75, 3.05) is 26.2 Å². The monoisotopic (exact) mass is 341 g/mol. The standard InChI is InChI=1S/C13H16BrN3O3/c14-11-2-1-10(20-11)12(18)16-6-3-9(4-7-16)17-8-5-15-13(17)19/h1-2,9H,3-8H2,(H,15,19). The number of carbonyl (C=O) groups is 2. The van der Waals surface area contributed by atoms with Gasteiger partial charge in [0.15, 0.2) is 10.4 Å². The Bertz CT molecular complexity index is 523. The van der Waals surface area contributed by atoms with Crippen LogP contribution in [0.25, 0.3) is 0 Å². The normalized spacial score (nSPS) is 20.4. The summed E-state index contributed by atoms with van der Waals surface area (Å²) in [6.45, 7) is 2.80. The summed E-state index contributed by atoms with van der Waals surface area (Å²) in [4.78, 5) is 27.5. The summed E-state index contributed by atoms with van der Waals surface area (Å²) in [5, 5.41) is 2.82. The SMILES string of the molecule is O=C(c1ccc(Br)o1)N1CCC(N2CCNC2=O)CC1. The van der Waals surface area contributed by atoms with Gasteiger partial charge in [0, 0.05) is 32.2 Å². The van der Waals surface area contributed by atoms with Crippen molar-refractivity contribution in [2.24, 2.45) is 0 Å². The van der Waals surface area contributed by atoms with Gasteiger partial charge >= 0.3 is 6.03 Å². The van der Waals surface area contributed by atoms with E-state index in [1.807, 2.05) is 4.90 Å². The highest BCUT2D eigenvalue weighted by atomic mass is 79.9. The van der Waals surface area contributed by atoms with Crippen LogP contribution in [0, 0.1) is 0 Å². The third kappa shape index (κ3) is 2.54. The highest BCUT2D eigenvalue weighted by Gasteiger charge is 2.32. The highest BCUT2D eigenvalue weighted by molar-refractivity contribution is 9.10. The van der Waals surface area contributed by atoms with Crippen LogP contribution < -0.4 is 5.32 Å². The molecule has 0 unspecified atom stereocenters. The fourth-order valence-electron chi connectivity index (χ4n) is 2.80. The number of nitrogens with one attached hydrogen (secondary N) is 1.